The van der Waals surface area contributed by atoms with E-state index in [1.807, 2.05) is 0 Å². The third-order valence-corrected chi connectivity index (χ3v) is 6.34. The summed E-state index contributed by atoms with van der Waals surface area (Å²) in [6.07, 6.45) is -2.04. The molecule has 3 aliphatic heterocycles. The van der Waals surface area contributed by atoms with E-state index < -0.39 is 17.8 Å². The SMILES string of the molecule is C=C(CO)C1Cc2c(ccc3c2OC2COc4cc(OC)c(OC)cc4C2(O)C3O)O1. The number of fused-ring (bicyclic) bond motifs is 6. The molecule has 8 nitrogen and oxygen atoms in total. The normalized spacial score (nSPS) is 27.5. The highest BCUT2D eigenvalue weighted by atomic mass is 16.6. The van der Waals surface area contributed by atoms with Crippen molar-refractivity contribution >= 4 is 0 Å². The summed E-state index contributed by atoms with van der Waals surface area (Å²) in [6.45, 7) is 3.71. The van der Waals surface area contributed by atoms with Gasteiger partial charge in [-0.1, -0.05) is 6.58 Å². The van der Waals surface area contributed by atoms with E-state index in [1.165, 1.54) is 14.2 Å². The fourth-order valence-corrected chi connectivity index (χ4v) is 4.58. The summed E-state index contributed by atoms with van der Waals surface area (Å²) in [5.41, 5.74) is 0.411. The Morgan fingerprint density at radius 3 is 2.61 bits per heavy atom. The molecular weight excluding hydrogens is 404 g/mol. The summed E-state index contributed by atoms with van der Waals surface area (Å²) in [6, 6.07) is 6.67. The largest absolute Gasteiger partial charge is 0.493 e. The third-order valence-electron chi connectivity index (χ3n) is 6.34. The second kappa shape index (κ2) is 7.05. The van der Waals surface area contributed by atoms with Crippen molar-refractivity contribution in [3.05, 3.63) is 53.1 Å². The van der Waals surface area contributed by atoms with Crippen molar-refractivity contribution in [1.29, 1.82) is 0 Å². The second-order valence-electron chi connectivity index (χ2n) is 7.94. The molecule has 0 spiro atoms. The Bertz CT molecular complexity index is 1060. The summed E-state index contributed by atoms with van der Waals surface area (Å²) in [7, 11) is 3.01. The molecule has 164 valence electrons. The summed E-state index contributed by atoms with van der Waals surface area (Å²) in [5, 5.41) is 32.5. The lowest BCUT2D eigenvalue weighted by atomic mass is 9.76. The van der Waals surface area contributed by atoms with Gasteiger partial charge >= 0.3 is 0 Å². The first-order chi connectivity index (χ1) is 14.9. The van der Waals surface area contributed by atoms with Crippen molar-refractivity contribution in [2.24, 2.45) is 0 Å². The quantitative estimate of drug-likeness (QED) is 0.631. The molecule has 0 bridgehead atoms. The topological polar surface area (TPSA) is 107 Å². The molecule has 0 saturated heterocycles. The summed E-state index contributed by atoms with van der Waals surface area (Å²) < 4.78 is 28.7. The van der Waals surface area contributed by atoms with E-state index in [2.05, 4.69) is 6.58 Å². The number of ether oxygens (including phenoxy) is 5. The van der Waals surface area contributed by atoms with Crippen LogP contribution in [0.2, 0.25) is 0 Å². The van der Waals surface area contributed by atoms with E-state index >= 15 is 0 Å². The molecule has 5 rings (SSSR count). The van der Waals surface area contributed by atoms with E-state index in [-0.39, 0.29) is 19.3 Å². The lowest BCUT2D eigenvalue weighted by molar-refractivity contribution is -0.179. The highest BCUT2D eigenvalue weighted by Gasteiger charge is 2.56. The van der Waals surface area contributed by atoms with Gasteiger partial charge in [-0.15, -0.1) is 0 Å². The van der Waals surface area contributed by atoms with Crippen LogP contribution in [0.15, 0.2) is 36.4 Å². The number of benzene rings is 2. The van der Waals surface area contributed by atoms with Crippen LogP contribution < -0.4 is 23.7 Å². The van der Waals surface area contributed by atoms with Gasteiger partial charge in [0.25, 0.3) is 0 Å². The average molecular weight is 428 g/mol. The lowest BCUT2D eigenvalue weighted by Crippen LogP contribution is -2.56. The van der Waals surface area contributed by atoms with Crippen LogP contribution >= 0.6 is 0 Å². The minimum atomic E-state index is -1.75. The Hall–Kier alpha value is -2.94. The first-order valence-electron chi connectivity index (χ1n) is 9.99. The maximum Gasteiger partial charge on any atom is 0.168 e. The van der Waals surface area contributed by atoms with Crippen LogP contribution in [-0.4, -0.2) is 55.0 Å². The molecule has 3 heterocycles. The van der Waals surface area contributed by atoms with Crippen molar-refractivity contribution in [3.63, 3.8) is 0 Å². The smallest absolute Gasteiger partial charge is 0.168 e. The number of aliphatic hydroxyl groups is 3. The second-order valence-corrected chi connectivity index (χ2v) is 7.94. The zero-order valence-electron chi connectivity index (χ0n) is 17.3. The Morgan fingerprint density at radius 1 is 1.16 bits per heavy atom. The van der Waals surface area contributed by atoms with E-state index in [0.717, 1.165) is 5.56 Å². The predicted molar refractivity (Wildman–Crippen MR) is 109 cm³/mol. The number of hydrogen-bond donors (Lipinski definition) is 3. The number of methoxy groups -OCH3 is 2. The van der Waals surface area contributed by atoms with E-state index in [1.54, 1.807) is 24.3 Å². The molecular formula is C23H24O8. The Balaban J connectivity index is 1.60. The molecule has 3 N–H and O–H groups in total. The predicted octanol–water partition coefficient (Wildman–Crippen LogP) is 1.63. The average Bonchev–Trinajstić information content (AvgIpc) is 3.23. The molecule has 0 radical (unpaired) electrons. The van der Waals surface area contributed by atoms with Gasteiger partial charge in [-0.2, -0.15) is 0 Å². The minimum Gasteiger partial charge on any atom is -0.493 e. The molecule has 2 aromatic rings. The maximum absolute atomic E-state index is 11.7. The minimum absolute atomic E-state index is 0.0345. The fraction of sp³-hybridized carbons (Fsp3) is 0.391. The Labute approximate surface area is 179 Å². The standard InChI is InChI=1S/C23H24O8/c1-11(9-24)16-6-13-15(30-16)5-4-12-21(13)31-20-10-29-17-8-19(28-3)18(27-2)7-14(17)23(20,26)22(12)25/h4-5,7-8,16,20,22,24-26H,1,6,9-10H2,2-3H3. The molecule has 0 aliphatic carbocycles. The van der Waals surface area contributed by atoms with Crippen LogP contribution in [0, 0.1) is 0 Å². The van der Waals surface area contributed by atoms with Gasteiger partial charge in [0.15, 0.2) is 23.2 Å². The van der Waals surface area contributed by atoms with Crippen molar-refractivity contribution in [1.82, 2.24) is 0 Å². The molecule has 8 heteroatoms. The van der Waals surface area contributed by atoms with E-state index in [9.17, 15) is 15.3 Å². The van der Waals surface area contributed by atoms with Crippen LogP contribution in [0.5, 0.6) is 28.7 Å². The van der Waals surface area contributed by atoms with E-state index in [0.29, 0.717) is 51.9 Å². The van der Waals surface area contributed by atoms with Crippen LogP contribution in [0.3, 0.4) is 0 Å². The maximum atomic E-state index is 11.7. The van der Waals surface area contributed by atoms with Gasteiger partial charge in [0.05, 0.1) is 20.8 Å². The summed E-state index contributed by atoms with van der Waals surface area (Å²) >= 11 is 0. The Kier molecular flexibility index (Phi) is 4.55. The molecule has 31 heavy (non-hydrogen) atoms. The molecule has 2 aromatic carbocycles. The van der Waals surface area contributed by atoms with Gasteiger partial charge in [-0.05, 0) is 23.8 Å². The van der Waals surface area contributed by atoms with Gasteiger partial charge in [0, 0.05) is 29.2 Å². The van der Waals surface area contributed by atoms with Crippen LogP contribution in [0.1, 0.15) is 22.8 Å². The van der Waals surface area contributed by atoms with Crippen molar-refractivity contribution in [2.75, 3.05) is 27.4 Å². The fourth-order valence-electron chi connectivity index (χ4n) is 4.58. The van der Waals surface area contributed by atoms with Crippen LogP contribution in [0.25, 0.3) is 0 Å². The Morgan fingerprint density at radius 2 is 1.90 bits per heavy atom. The molecule has 4 atom stereocenters. The zero-order chi connectivity index (χ0) is 21.9. The molecule has 0 aromatic heterocycles. The summed E-state index contributed by atoms with van der Waals surface area (Å²) in [5.74, 6) is 2.34. The van der Waals surface area contributed by atoms with Crippen LogP contribution in [-0.2, 0) is 12.0 Å². The van der Waals surface area contributed by atoms with E-state index in [4.69, 9.17) is 23.7 Å². The monoisotopic (exact) mass is 428 g/mol. The number of rotatable bonds is 4. The van der Waals surface area contributed by atoms with Crippen LogP contribution in [0.4, 0.5) is 0 Å². The van der Waals surface area contributed by atoms with Gasteiger partial charge in [0.2, 0.25) is 0 Å². The van der Waals surface area contributed by atoms with Gasteiger partial charge < -0.3 is 39.0 Å². The molecule has 0 fully saturated rings. The van der Waals surface area contributed by atoms with Gasteiger partial charge in [-0.3, -0.25) is 0 Å². The van der Waals surface area contributed by atoms with Gasteiger partial charge in [-0.25, -0.2) is 0 Å². The third kappa shape index (κ3) is 2.72. The summed E-state index contributed by atoms with van der Waals surface area (Å²) in [4.78, 5) is 0. The van der Waals surface area contributed by atoms with Crippen molar-refractivity contribution in [2.45, 2.75) is 30.3 Å². The molecule has 0 saturated carbocycles. The van der Waals surface area contributed by atoms with Crippen molar-refractivity contribution < 1.29 is 39.0 Å². The first-order valence-corrected chi connectivity index (χ1v) is 9.99. The highest BCUT2D eigenvalue weighted by molar-refractivity contribution is 5.60. The zero-order valence-corrected chi connectivity index (χ0v) is 17.3. The number of aliphatic hydroxyl groups excluding tert-OH is 2. The number of hydrogen-bond acceptors (Lipinski definition) is 8. The highest BCUT2D eigenvalue weighted by Crippen LogP contribution is 2.55. The molecule has 3 aliphatic rings. The van der Waals surface area contributed by atoms with Crippen molar-refractivity contribution in [3.8, 4) is 28.7 Å². The molecule has 0 amide bonds. The molecule has 4 unspecified atom stereocenters. The lowest BCUT2D eigenvalue weighted by Gasteiger charge is -2.47. The van der Waals surface area contributed by atoms with Gasteiger partial charge in [0.1, 0.15) is 36.1 Å². The first kappa shape index (κ1) is 20.0.